The number of nitrogens with one attached hydrogen (secondary N) is 2. The fraction of sp³-hybridized carbons (Fsp3) is 0.727. The Morgan fingerprint density at radius 2 is 1.71 bits per heavy atom. The number of carbonyl (C=O) groups is 3. The Balaban J connectivity index is 2.52. The predicted molar refractivity (Wildman–Crippen MR) is 118 cm³/mol. The molecule has 0 aromatic heterocycles. The van der Waals surface area contributed by atoms with E-state index in [2.05, 4.69) is 43.1 Å². The zero-order valence-corrected chi connectivity index (χ0v) is 19.6. The highest BCUT2D eigenvalue weighted by atomic mass is 16.7. The second-order valence-corrected chi connectivity index (χ2v) is 9.37. The first-order chi connectivity index (χ1) is 14.4. The molecular weight excluding hydrogens is 402 g/mol. The zero-order chi connectivity index (χ0) is 23.7. The fourth-order valence-electron chi connectivity index (χ4n) is 3.98. The summed E-state index contributed by atoms with van der Waals surface area (Å²) in [6.07, 6.45) is 1.90. The standard InChI is InChI=1S/C22H37N3O6/c1-8-16(4)25-31-20(28)24-17-11-21(5,6)13-22(7,12-17)14-23-19(27)30-10-9-29-18(26)15(2)3/h17H,2,8-14H2,1,3-7H3,(H,23,27)(H,24,28)/b25-16+. The summed E-state index contributed by atoms with van der Waals surface area (Å²) in [4.78, 5) is 40.3. The summed E-state index contributed by atoms with van der Waals surface area (Å²) in [5.41, 5.74) is 0.751. The molecule has 0 spiro atoms. The minimum atomic E-state index is -0.579. The minimum absolute atomic E-state index is 0.0303. The van der Waals surface area contributed by atoms with Gasteiger partial charge in [-0.2, -0.15) is 0 Å². The van der Waals surface area contributed by atoms with Crippen molar-refractivity contribution in [3.8, 4) is 0 Å². The van der Waals surface area contributed by atoms with E-state index in [0.29, 0.717) is 19.4 Å². The Morgan fingerprint density at radius 1 is 1.06 bits per heavy atom. The van der Waals surface area contributed by atoms with E-state index >= 15 is 0 Å². The molecule has 176 valence electrons. The first-order valence-electron chi connectivity index (χ1n) is 10.6. The quantitative estimate of drug-likeness (QED) is 0.140. The van der Waals surface area contributed by atoms with Crippen LogP contribution in [0.25, 0.3) is 0 Å². The van der Waals surface area contributed by atoms with E-state index in [4.69, 9.17) is 14.3 Å². The second-order valence-electron chi connectivity index (χ2n) is 9.37. The van der Waals surface area contributed by atoms with Crippen molar-refractivity contribution in [3.05, 3.63) is 12.2 Å². The maximum absolute atomic E-state index is 12.1. The zero-order valence-electron chi connectivity index (χ0n) is 19.6. The monoisotopic (exact) mass is 439 g/mol. The molecule has 9 heteroatoms. The molecule has 2 amide bonds. The van der Waals surface area contributed by atoms with Crippen LogP contribution in [0.1, 0.15) is 67.2 Å². The molecule has 0 aromatic carbocycles. The van der Waals surface area contributed by atoms with Gasteiger partial charge in [0.15, 0.2) is 0 Å². The topological polar surface area (TPSA) is 115 Å². The Kier molecular flexibility index (Phi) is 10.00. The van der Waals surface area contributed by atoms with Crippen LogP contribution >= 0.6 is 0 Å². The lowest BCUT2D eigenvalue weighted by atomic mass is 9.62. The van der Waals surface area contributed by atoms with Crippen LogP contribution < -0.4 is 10.6 Å². The summed E-state index contributed by atoms with van der Waals surface area (Å²) in [7, 11) is 0. The average molecular weight is 440 g/mol. The molecule has 1 rings (SSSR count). The van der Waals surface area contributed by atoms with Crippen molar-refractivity contribution in [2.75, 3.05) is 19.8 Å². The molecule has 1 fully saturated rings. The van der Waals surface area contributed by atoms with Gasteiger partial charge in [0.2, 0.25) is 0 Å². The third kappa shape index (κ3) is 10.3. The van der Waals surface area contributed by atoms with Crippen LogP contribution in [0.5, 0.6) is 0 Å². The van der Waals surface area contributed by atoms with E-state index in [1.807, 2.05) is 6.92 Å². The molecule has 2 unspecified atom stereocenters. The van der Waals surface area contributed by atoms with E-state index in [0.717, 1.165) is 18.6 Å². The van der Waals surface area contributed by atoms with Gasteiger partial charge in [0.1, 0.15) is 13.2 Å². The van der Waals surface area contributed by atoms with Gasteiger partial charge in [0, 0.05) is 18.2 Å². The molecule has 0 heterocycles. The third-order valence-electron chi connectivity index (χ3n) is 5.12. The van der Waals surface area contributed by atoms with Crippen LogP contribution in [0.4, 0.5) is 9.59 Å². The van der Waals surface area contributed by atoms with E-state index in [1.165, 1.54) is 0 Å². The van der Waals surface area contributed by atoms with Gasteiger partial charge in [0.05, 0.1) is 5.71 Å². The number of nitrogens with zero attached hydrogens (tertiary/aromatic N) is 1. The van der Waals surface area contributed by atoms with Gasteiger partial charge in [-0.3, -0.25) is 4.84 Å². The number of hydrogen-bond acceptors (Lipinski definition) is 7. The Hall–Kier alpha value is -2.58. The second kappa shape index (κ2) is 11.7. The summed E-state index contributed by atoms with van der Waals surface area (Å²) in [6, 6.07) is -0.0993. The number of ether oxygens (including phenoxy) is 2. The van der Waals surface area contributed by atoms with Gasteiger partial charge in [-0.25, -0.2) is 14.4 Å². The average Bonchev–Trinajstić information content (AvgIpc) is 2.66. The first-order valence-corrected chi connectivity index (χ1v) is 10.6. The number of oxime groups is 1. The Morgan fingerprint density at radius 3 is 2.32 bits per heavy atom. The SMILES string of the molecule is C=C(C)C(=O)OCCOC(=O)NCC1(C)CC(NC(=O)O/N=C(\C)CC)CC(C)(C)C1. The molecular formula is C22H37N3O6. The van der Waals surface area contributed by atoms with Crippen molar-refractivity contribution < 1.29 is 28.7 Å². The number of alkyl carbamates (subject to hydrolysis) is 1. The van der Waals surface area contributed by atoms with E-state index in [1.54, 1.807) is 13.8 Å². The molecule has 31 heavy (non-hydrogen) atoms. The van der Waals surface area contributed by atoms with Crippen molar-refractivity contribution in [2.24, 2.45) is 16.0 Å². The van der Waals surface area contributed by atoms with Gasteiger partial charge in [-0.15, -0.1) is 0 Å². The Bertz CT molecular complexity index is 703. The number of hydrogen-bond donors (Lipinski definition) is 2. The highest BCUT2D eigenvalue weighted by Gasteiger charge is 2.42. The van der Waals surface area contributed by atoms with Gasteiger partial charge >= 0.3 is 18.2 Å². The number of carbonyl (C=O) groups excluding carboxylic acids is 3. The number of esters is 1. The lowest BCUT2D eigenvalue weighted by Gasteiger charge is -2.46. The predicted octanol–water partition coefficient (Wildman–Crippen LogP) is 3.93. The molecule has 0 aromatic rings. The van der Waals surface area contributed by atoms with Crippen LogP contribution in [-0.4, -0.2) is 49.7 Å². The van der Waals surface area contributed by atoms with Crippen LogP contribution in [0.3, 0.4) is 0 Å². The van der Waals surface area contributed by atoms with Crippen molar-refractivity contribution in [1.29, 1.82) is 0 Å². The molecule has 1 saturated carbocycles. The molecule has 0 bridgehead atoms. The lowest BCUT2D eigenvalue weighted by molar-refractivity contribution is -0.139. The van der Waals surface area contributed by atoms with Gasteiger partial charge in [-0.1, -0.05) is 39.4 Å². The number of rotatable bonds is 9. The molecule has 1 aliphatic carbocycles. The first kappa shape index (κ1) is 26.5. The molecule has 1 aliphatic rings. The molecule has 2 N–H and O–H groups in total. The van der Waals surface area contributed by atoms with Gasteiger partial charge in [0.25, 0.3) is 0 Å². The van der Waals surface area contributed by atoms with Gasteiger partial charge < -0.3 is 20.1 Å². The normalized spacial score (nSPS) is 22.8. The van der Waals surface area contributed by atoms with Gasteiger partial charge in [-0.05, 0) is 50.4 Å². The van der Waals surface area contributed by atoms with Crippen LogP contribution in [0.15, 0.2) is 17.3 Å². The van der Waals surface area contributed by atoms with Crippen molar-refractivity contribution in [2.45, 2.75) is 73.3 Å². The largest absolute Gasteiger partial charge is 0.459 e. The molecule has 2 atom stereocenters. The van der Waals surface area contributed by atoms with E-state index < -0.39 is 18.2 Å². The van der Waals surface area contributed by atoms with Crippen LogP contribution in [-0.2, 0) is 19.1 Å². The molecule has 0 saturated heterocycles. The highest BCUT2D eigenvalue weighted by Crippen LogP contribution is 2.45. The smallest absolute Gasteiger partial charge is 0.433 e. The van der Waals surface area contributed by atoms with E-state index in [9.17, 15) is 14.4 Å². The third-order valence-corrected chi connectivity index (χ3v) is 5.12. The number of amides is 2. The van der Waals surface area contributed by atoms with Crippen LogP contribution in [0.2, 0.25) is 0 Å². The lowest BCUT2D eigenvalue weighted by Crippen LogP contribution is -2.50. The summed E-state index contributed by atoms with van der Waals surface area (Å²) >= 11 is 0. The summed E-state index contributed by atoms with van der Waals surface area (Å²) in [5, 5.41) is 9.46. The molecule has 0 aliphatic heterocycles. The maximum Gasteiger partial charge on any atom is 0.433 e. The molecule has 0 radical (unpaired) electrons. The van der Waals surface area contributed by atoms with Crippen molar-refractivity contribution in [3.63, 3.8) is 0 Å². The van der Waals surface area contributed by atoms with Crippen molar-refractivity contribution in [1.82, 2.24) is 10.6 Å². The fourth-order valence-corrected chi connectivity index (χ4v) is 3.98. The van der Waals surface area contributed by atoms with Crippen LogP contribution in [0, 0.1) is 10.8 Å². The summed E-state index contributed by atoms with van der Waals surface area (Å²) < 4.78 is 9.94. The Labute approximate surface area is 184 Å². The summed E-state index contributed by atoms with van der Waals surface area (Å²) in [5.74, 6) is -0.520. The van der Waals surface area contributed by atoms with Crippen molar-refractivity contribution >= 4 is 23.9 Å². The maximum atomic E-state index is 12.1. The molecule has 9 nitrogen and oxygen atoms in total. The summed E-state index contributed by atoms with van der Waals surface area (Å²) in [6.45, 7) is 15.4. The minimum Gasteiger partial charge on any atom is -0.459 e. The highest BCUT2D eigenvalue weighted by molar-refractivity contribution is 5.86. The van der Waals surface area contributed by atoms with E-state index in [-0.39, 0.29) is 35.7 Å².